The van der Waals surface area contributed by atoms with Crippen molar-refractivity contribution in [2.45, 2.75) is 57.9 Å². The van der Waals surface area contributed by atoms with Gasteiger partial charge in [0.05, 0.1) is 6.04 Å². The van der Waals surface area contributed by atoms with Crippen molar-refractivity contribution in [2.75, 3.05) is 5.32 Å². The lowest BCUT2D eigenvalue weighted by molar-refractivity contribution is 0.0890. The molecule has 0 unspecified atom stereocenters. The number of fused-ring (bicyclic) bond motifs is 1. The zero-order valence-electron chi connectivity index (χ0n) is 20.8. The molecule has 36 heavy (non-hydrogen) atoms. The van der Waals surface area contributed by atoms with E-state index in [9.17, 15) is 4.79 Å². The molecule has 1 amide bonds. The summed E-state index contributed by atoms with van der Waals surface area (Å²) in [6.45, 7) is 5.92. The predicted octanol–water partition coefficient (Wildman–Crippen LogP) is 3.89. The zero-order chi connectivity index (χ0) is 25.3. The summed E-state index contributed by atoms with van der Waals surface area (Å²) in [4.78, 5) is 30.4. The Hall–Kier alpha value is -4.15. The molecule has 1 aliphatic carbocycles. The SMILES string of the molecule is Cn1ccc(Nc2ncnc(-c3ccc4c(c3)CCCC[C@H]4NC(=O)c3nc(C(C)(C)C)no3)n2)n1. The summed E-state index contributed by atoms with van der Waals surface area (Å²) in [6, 6.07) is 7.83. The summed E-state index contributed by atoms with van der Waals surface area (Å²) >= 11 is 0. The van der Waals surface area contributed by atoms with Gasteiger partial charge in [-0.25, -0.2) is 9.97 Å². The Morgan fingerprint density at radius 2 is 2.00 bits per heavy atom. The third-order valence-electron chi connectivity index (χ3n) is 6.09. The summed E-state index contributed by atoms with van der Waals surface area (Å²) < 4.78 is 6.94. The number of benzene rings is 1. The zero-order valence-corrected chi connectivity index (χ0v) is 20.8. The second-order valence-electron chi connectivity index (χ2n) is 9.99. The van der Waals surface area contributed by atoms with E-state index in [0.717, 1.165) is 42.4 Å². The van der Waals surface area contributed by atoms with Gasteiger partial charge in [0.1, 0.15) is 6.33 Å². The fourth-order valence-electron chi connectivity index (χ4n) is 4.20. The average molecular weight is 488 g/mol. The minimum atomic E-state index is -0.359. The molecule has 0 spiro atoms. The minimum absolute atomic E-state index is 0.0135. The highest BCUT2D eigenvalue weighted by molar-refractivity contribution is 5.89. The van der Waals surface area contributed by atoms with Gasteiger partial charge in [-0.05, 0) is 36.5 Å². The van der Waals surface area contributed by atoms with E-state index >= 15 is 0 Å². The molecule has 0 saturated carbocycles. The first kappa shape index (κ1) is 23.6. The predicted molar refractivity (Wildman–Crippen MR) is 133 cm³/mol. The second kappa shape index (κ2) is 9.48. The van der Waals surface area contributed by atoms with Gasteiger partial charge in [-0.3, -0.25) is 9.48 Å². The molecule has 5 rings (SSSR count). The smallest absolute Gasteiger partial charge is 0.315 e. The lowest BCUT2D eigenvalue weighted by Crippen LogP contribution is -2.29. The molecule has 1 aliphatic rings. The van der Waals surface area contributed by atoms with Crippen molar-refractivity contribution in [1.29, 1.82) is 0 Å². The number of hydrogen-bond acceptors (Lipinski definition) is 9. The van der Waals surface area contributed by atoms with Gasteiger partial charge < -0.3 is 15.2 Å². The van der Waals surface area contributed by atoms with Crippen LogP contribution in [0.5, 0.6) is 0 Å². The van der Waals surface area contributed by atoms with E-state index in [1.54, 1.807) is 4.68 Å². The third kappa shape index (κ3) is 5.09. The van der Waals surface area contributed by atoms with Crippen molar-refractivity contribution < 1.29 is 9.32 Å². The Bertz CT molecular complexity index is 1390. The van der Waals surface area contributed by atoms with Crippen molar-refractivity contribution in [3.63, 3.8) is 0 Å². The maximum absolute atomic E-state index is 12.9. The highest BCUT2D eigenvalue weighted by Gasteiger charge is 2.27. The molecule has 11 nitrogen and oxygen atoms in total. The van der Waals surface area contributed by atoms with Crippen molar-refractivity contribution in [3.8, 4) is 11.4 Å². The van der Waals surface area contributed by atoms with Crippen molar-refractivity contribution in [1.82, 2.24) is 40.2 Å². The molecule has 1 atom stereocenters. The summed E-state index contributed by atoms with van der Waals surface area (Å²) in [6.07, 6.45) is 7.10. The van der Waals surface area contributed by atoms with Crippen LogP contribution in [-0.2, 0) is 18.9 Å². The quantitative estimate of drug-likeness (QED) is 0.402. The van der Waals surface area contributed by atoms with Gasteiger partial charge in [-0.2, -0.15) is 15.1 Å². The molecule has 3 heterocycles. The minimum Gasteiger partial charge on any atom is -0.341 e. The molecule has 0 radical (unpaired) electrons. The molecular weight excluding hydrogens is 458 g/mol. The molecule has 0 bridgehead atoms. The van der Waals surface area contributed by atoms with Crippen LogP contribution in [0, 0.1) is 0 Å². The monoisotopic (exact) mass is 487 g/mol. The summed E-state index contributed by atoms with van der Waals surface area (Å²) in [5.74, 6) is 1.78. The normalized spacial score (nSPS) is 15.7. The summed E-state index contributed by atoms with van der Waals surface area (Å²) in [5.41, 5.74) is 2.84. The highest BCUT2D eigenvalue weighted by Crippen LogP contribution is 2.32. The fraction of sp³-hybridized carbons (Fsp3) is 0.400. The Balaban J connectivity index is 1.36. The first-order valence-electron chi connectivity index (χ1n) is 12.0. The van der Waals surface area contributed by atoms with Crippen LogP contribution in [-0.4, -0.2) is 40.8 Å². The number of aryl methyl sites for hydroxylation is 2. The van der Waals surface area contributed by atoms with Gasteiger partial charge in [-0.15, -0.1) is 0 Å². The molecule has 2 N–H and O–H groups in total. The van der Waals surface area contributed by atoms with Crippen molar-refractivity contribution in [3.05, 3.63) is 59.6 Å². The fourth-order valence-corrected chi connectivity index (χ4v) is 4.20. The number of rotatable bonds is 5. The van der Waals surface area contributed by atoms with Gasteiger partial charge in [-0.1, -0.05) is 44.5 Å². The molecule has 186 valence electrons. The first-order valence-corrected chi connectivity index (χ1v) is 12.0. The van der Waals surface area contributed by atoms with Crippen LogP contribution < -0.4 is 10.6 Å². The second-order valence-corrected chi connectivity index (χ2v) is 9.99. The Morgan fingerprint density at radius 1 is 1.14 bits per heavy atom. The number of anilines is 2. The van der Waals surface area contributed by atoms with Gasteiger partial charge in [0.15, 0.2) is 17.5 Å². The lowest BCUT2D eigenvalue weighted by atomic mass is 9.96. The average Bonchev–Trinajstić information content (AvgIpc) is 3.46. The topological polar surface area (TPSA) is 137 Å². The van der Waals surface area contributed by atoms with Crippen LogP contribution in [0.3, 0.4) is 0 Å². The van der Waals surface area contributed by atoms with Crippen molar-refractivity contribution in [2.24, 2.45) is 7.05 Å². The van der Waals surface area contributed by atoms with Crippen LogP contribution in [0.2, 0.25) is 0 Å². The van der Waals surface area contributed by atoms with Gasteiger partial charge >= 0.3 is 11.8 Å². The number of amides is 1. The maximum Gasteiger partial charge on any atom is 0.315 e. The Kier molecular flexibility index (Phi) is 6.21. The molecular formula is C25H29N9O2. The van der Waals surface area contributed by atoms with E-state index in [0.29, 0.717) is 23.4 Å². The van der Waals surface area contributed by atoms with Crippen LogP contribution >= 0.6 is 0 Å². The van der Waals surface area contributed by atoms with Crippen LogP contribution in [0.25, 0.3) is 11.4 Å². The lowest BCUT2D eigenvalue weighted by Gasteiger charge is -2.19. The van der Waals surface area contributed by atoms with Crippen LogP contribution in [0.1, 0.15) is 73.7 Å². The number of nitrogens with one attached hydrogen (secondary N) is 2. The first-order chi connectivity index (χ1) is 17.3. The number of nitrogens with zero attached hydrogens (tertiary/aromatic N) is 7. The van der Waals surface area contributed by atoms with E-state index in [2.05, 4.69) is 46.9 Å². The molecule has 11 heteroatoms. The number of aromatic nitrogens is 7. The van der Waals surface area contributed by atoms with E-state index in [1.807, 2.05) is 52.2 Å². The third-order valence-corrected chi connectivity index (χ3v) is 6.09. The Labute approximate surface area is 208 Å². The Morgan fingerprint density at radius 3 is 2.75 bits per heavy atom. The summed E-state index contributed by atoms with van der Waals surface area (Å²) in [5, 5.41) is 14.5. The van der Waals surface area contributed by atoms with Gasteiger partial charge in [0, 0.05) is 30.3 Å². The largest absolute Gasteiger partial charge is 0.341 e. The van der Waals surface area contributed by atoms with Crippen LogP contribution in [0.15, 0.2) is 41.3 Å². The molecule has 0 aliphatic heterocycles. The van der Waals surface area contributed by atoms with E-state index in [1.165, 1.54) is 6.33 Å². The number of carbonyl (C=O) groups excluding carboxylic acids is 1. The molecule has 0 fully saturated rings. The van der Waals surface area contributed by atoms with E-state index in [4.69, 9.17) is 4.52 Å². The molecule has 0 saturated heterocycles. The standard InChI is InChI=1S/C25H29N9O2/c1-25(2,3)23-31-22(36-33-23)21(35)28-18-8-6-5-7-15-13-16(9-10-17(15)18)20-26-14-27-24(30-20)29-19-11-12-34(4)32-19/h9-14,18H,5-8H2,1-4H3,(H,28,35)(H,26,27,29,30,32)/t18-/m1/s1. The van der Waals surface area contributed by atoms with E-state index < -0.39 is 0 Å². The van der Waals surface area contributed by atoms with Crippen LogP contribution in [0.4, 0.5) is 11.8 Å². The molecule has 1 aromatic carbocycles. The summed E-state index contributed by atoms with van der Waals surface area (Å²) in [7, 11) is 1.85. The maximum atomic E-state index is 12.9. The van der Waals surface area contributed by atoms with E-state index in [-0.39, 0.29) is 23.3 Å². The number of hydrogen-bond donors (Lipinski definition) is 2. The highest BCUT2D eigenvalue weighted by atomic mass is 16.5. The molecule has 4 aromatic rings. The van der Waals surface area contributed by atoms with Crippen molar-refractivity contribution >= 4 is 17.7 Å². The number of carbonyl (C=O) groups is 1. The van der Waals surface area contributed by atoms with Gasteiger partial charge in [0.2, 0.25) is 5.95 Å². The van der Waals surface area contributed by atoms with Gasteiger partial charge in [0.25, 0.3) is 0 Å². The molecule has 3 aromatic heterocycles.